The van der Waals surface area contributed by atoms with Crippen LogP contribution in [-0.2, 0) is 11.2 Å². The molecule has 1 aromatic rings. The lowest BCUT2D eigenvalue weighted by Crippen LogP contribution is -2.37. The zero-order valence-electron chi connectivity index (χ0n) is 11.1. The lowest BCUT2D eigenvalue weighted by molar-refractivity contribution is -0.122. The molecule has 0 aromatic carbocycles. The molecule has 1 heterocycles. The third kappa shape index (κ3) is 6.74. The van der Waals surface area contributed by atoms with Crippen molar-refractivity contribution in [2.75, 3.05) is 26.7 Å². The number of carbonyl (C=O) groups excluding carboxylic acids is 1. The second-order valence-electron chi connectivity index (χ2n) is 4.55. The van der Waals surface area contributed by atoms with Crippen LogP contribution < -0.4 is 5.32 Å². The quantitative estimate of drug-likeness (QED) is 0.744. The molecule has 1 unspecified atom stereocenters. The zero-order valence-corrected chi connectivity index (χ0v) is 11.9. The second-order valence-corrected chi connectivity index (χ2v) is 5.59. The Balaban J connectivity index is 2.09. The van der Waals surface area contributed by atoms with E-state index in [9.17, 15) is 4.79 Å². The van der Waals surface area contributed by atoms with Gasteiger partial charge in [0, 0.05) is 18.0 Å². The summed E-state index contributed by atoms with van der Waals surface area (Å²) in [5.74, 6) is 0.0413. The van der Waals surface area contributed by atoms with Crippen molar-refractivity contribution in [2.24, 2.45) is 0 Å². The summed E-state index contributed by atoms with van der Waals surface area (Å²) in [6, 6.07) is 4.09. The van der Waals surface area contributed by atoms with Crippen LogP contribution in [-0.4, -0.2) is 48.7 Å². The van der Waals surface area contributed by atoms with Gasteiger partial charge in [-0.05, 0) is 38.3 Å². The molecule has 1 rings (SSSR count). The lowest BCUT2D eigenvalue weighted by Gasteiger charge is -2.16. The van der Waals surface area contributed by atoms with Crippen molar-refractivity contribution < 1.29 is 9.90 Å². The van der Waals surface area contributed by atoms with Crippen molar-refractivity contribution in [3.63, 3.8) is 0 Å². The first-order chi connectivity index (χ1) is 8.58. The normalized spacial score (nSPS) is 12.7. The summed E-state index contributed by atoms with van der Waals surface area (Å²) in [5.41, 5.74) is 0. The van der Waals surface area contributed by atoms with Gasteiger partial charge in [-0.2, -0.15) is 0 Å². The van der Waals surface area contributed by atoms with Gasteiger partial charge in [0.25, 0.3) is 0 Å². The molecule has 1 atom stereocenters. The molecule has 1 amide bonds. The Morgan fingerprint density at radius 1 is 1.61 bits per heavy atom. The molecule has 4 nitrogen and oxygen atoms in total. The van der Waals surface area contributed by atoms with E-state index in [0.29, 0.717) is 19.5 Å². The average molecular weight is 270 g/mol. The number of amides is 1. The van der Waals surface area contributed by atoms with Crippen molar-refractivity contribution in [3.05, 3.63) is 22.4 Å². The summed E-state index contributed by atoms with van der Waals surface area (Å²) in [5, 5.41) is 14.1. The summed E-state index contributed by atoms with van der Waals surface area (Å²) < 4.78 is 0. The highest BCUT2D eigenvalue weighted by Gasteiger charge is 2.07. The van der Waals surface area contributed by atoms with Gasteiger partial charge in [-0.3, -0.25) is 9.69 Å². The van der Waals surface area contributed by atoms with Crippen LogP contribution in [0.25, 0.3) is 0 Å². The predicted molar refractivity (Wildman–Crippen MR) is 74.8 cm³/mol. The highest BCUT2D eigenvalue weighted by Crippen LogP contribution is 2.07. The smallest absolute Gasteiger partial charge is 0.234 e. The maximum absolute atomic E-state index is 11.6. The van der Waals surface area contributed by atoms with Crippen LogP contribution in [0.1, 0.15) is 18.2 Å². The number of hydrogen-bond donors (Lipinski definition) is 2. The number of thiophene rings is 1. The molecule has 0 bridgehead atoms. The number of nitrogens with zero attached hydrogens (tertiary/aromatic N) is 1. The summed E-state index contributed by atoms with van der Waals surface area (Å²) in [7, 11) is 1.89. The lowest BCUT2D eigenvalue weighted by atomic mass is 10.3. The number of likely N-dealkylation sites (N-methyl/N-ethyl adjacent to an activating group) is 1. The SMILES string of the molecule is CC(O)CCN(C)CC(=O)NCCc1cccs1. The molecule has 0 saturated carbocycles. The van der Waals surface area contributed by atoms with Gasteiger partial charge in [-0.25, -0.2) is 0 Å². The third-order valence-corrected chi connectivity index (χ3v) is 3.55. The number of rotatable bonds is 8. The van der Waals surface area contributed by atoms with E-state index in [2.05, 4.69) is 11.4 Å². The molecule has 0 aliphatic carbocycles. The Morgan fingerprint density at radius 2 is 2.39 bits per heavy atom. The highest BCUT2D eigenvalue weighted by molar-refractivity contribution is 7.09. The van der Waals surface area contributed by atoms with Crippen LogP contribution in [0.2, 0.25) is 0 Å². The van der Waals surface area contributed by atoms with E-state index in [0.717, 1.165) is 13.0 Å². The molecule has 0 aliphatic heterocycles. The molecule has 0 saturated heterocycles. The van der Waals surface area contributed by atoms with Gasteiger partial charge in [0.2, 0.25) is 5.91 Å². The van der Waals surface area contributed by atoms with E-state index >= 15 is 0 Å². The summed E-state index contributed by atoms with van der Waals surface area (Å²) in [6.07, 6.45) is 1.27. The molecule has 18 heavy (non-hydrogen) atoms. The van der Waals surface area contributed by atoms with Gasteiger partial charge in [0.05, 0.1) is 12.6 Å². The van der Waals surface area contributed by atoms with Crippen molar-refractivity contribution in [3.8, 4) is 0 Å². The van der Waals surface area contributed by atoms with Gasteiger partial charge < -0.3 is 10.4 Å². The molecule has 2 N–H and O–H groups in total. The number of carbonyl (C=O) groups is 1. The van der Waals surface area contributed by atoms with Crippen LogP contribution in [0.4, 0.5) is 0 Å². The third-order valence-electron chi connectivity index (χ3n) is 2.62. The number of aliphatic hydroxyl groups excluding tert-OH is 1. The van der Waals surface area contributed by atoms with Crippen LogP contribution in [0, 0.1) is 0 Å². The number of aliphatic hydroxyl groups is 1. The fourth-order valence-corrected chi connectivity index (χ4v) is 2.28. The minimum absolute atomic E-state index is 0.0413. The summed E-state index contributed by atoms with van der Waals surface area (Å²) in [6.45, 7) is 3.56. The van der Waals surface area contributed by atoms with Gasteiger partial charge in [0.1, 0.15) is 0 Å². The molecule has 102 valence electrons. The van der Waals surface area contributed by atoms with Crippen molar-refractivity contribution >= 4 is 17.2 Å². The first-order valence-corrected chi connectivity index (χ1v) is 7.11. The minimum atomic E-state index is -0.311. The van der Waals surface area contributed by atoms with E-state index in [1.165, 1.54) is 4.88 Å². The van der Waals surface area contributed by atoms with Crippen LogP contribution in [0.5, 0.6) is 0 Å². The minimum Gasteiger partial charge on any atom is -0.393 e. The first-order valence-electron chi connectivity index (χ1n) is 6.23. The molecule has 5 heteroatoms. The van der Waals surface area contributed by atoms with Gasteiger partial charge in [-0.1, -0.05) is 6.07 Å². The Kier molecular flexibility index (Phi) is 6.93. The average Bonchev–Trinajstić information content (AvgIpc) is 2.79. The zero-order chi connectivity index (χ0) is 13.4. The van der Waals surface area contributed by atoms with Crippen LogP contribution in [0.3, 0.4) is 0 Å². The molecular formula is C13H22N2O2S. The monoisotopic (exact) mass is 270 g/mol. The second kappa shape index (κ2) is 8.24. The Morgan fingerprint density at radius 3 is 3.00 bits per heavy atom. The van der Waals surface area contributed by atoms with Crippen molar-refractivity contribution in [2.45, 2.75) is 25.9 Å². The van der Waals surface area contributed by atoms with E-state index < -0.39 is 0 Å². The van der Waals surface area contributed by atoms with E-state index in [1.54, 1.807) is 18.3 Å². The molecule has 1 aromatic heterocycles. The van der Waals surface area contributed by atoms with E-state index in [4.69, 9.17) is 5.11 Å². The van der Waals surface area contributed by atoms with Gasteiger partial charge >= 0.3 is 0 Å². The van der Waals surface area contributed by atoms with Gasteiger partial charge in [0.15, 0.2) is 0 Å². The van der Waals surface area contributed by atoms with Crippen LogP contribution >= 0.6 is 11.3 Å². The maximum atomic E-state index is 11.6. The largest absolute Gasteiger partial charge is 0.393 e. The fraction of sp³-hybridized carbons (Fsp3) is 0.615. The summed E-state index contributed by atoms with van der Waals surface area (Å²) >= 11 is 1.71. The first kappa shape index (κ1) is 15.1. The highest BCUT2D eigenvalue weighted by atomic mass is 32.1. The molecule has 0 spiro atoms. The Hall–Kier alpha value is -0.910. The molecule has 0 radical (unpaired) electrons. The summed E-state index contributed by atoms with van der Waals surface area (Å²) in [4.78, 5) is 14.8. The van der Waals surface area contributed by atoms with Crippen molar-refractivity contribution in [1.82, 2.24) is 10.2 Å². The molecular weight excluding hydrogens is 248 g/mol. The predicted octanol–water partition coefficient (Wildman–Crippen LogP) is 1.11. The van der Waals surface area contributed by atoms with Crippen LogP contribution in [0.15, 0.2) is 17.5 Å². The molecule has 0 fully saturated rings. The molecule has 0 aliphatic rings. The topological polar surface area (TPSA) is 52.6 Å². The van der Waals surface area contributed by atoms with E-state index in [-0.39, 0.29) is 12.0 Å². The number of hydrogen-bond acceptors (Lipinski definition) is 4. The number of nitrogens with one attached hydrogen (secondary N) is 1. The Bertz CT molecular complexity index is 339. The van der Waals surface area contributed by atoms with Gasteiger partial charge in [-0.15, -0.1) is 11.3 Å². The van der Waals surface area contributed by atoms with E-state index in [1.807, 2.05) is 23.4 Å². The Labute approximate surface area is 113 Å². The maximum Gasteiger partial charge on any atom is 0.234 e. The van der Waals surface area contributed by atoms with Crippen molar-refractivity contribution in [1.29, 1.82) is 0 Å². The fourth-order valence-electron chi connectivity index (χ4n) is 1.57. The standard InChI is InChI=1S/C13H22N2O2S/c1-11(16)6-8-15(2)10-13(17)14-7-5-12-4-3-9-18-12/h3-4,9,11,16H,5-8,10H2,1-2H3,(H,14,17).